The summed E-state index contributed by atoms with van der Waals surface area (Å²) < 4.78 is 1.86. The summed E-state index contributed by atoms with van der Waals surface area (Å²) in [5.74, 6) is 0.610. The fraction of sp³-hybridized carbons (Fsp3) is 0.375. The molecule has 1 saturated heterocycles. The Labute approximate surface area is 143 Å². The highest BCUT2D eigenvalue weighted by molar-refractivity contribution is 7.99. The molecule has 5 nitrogen and oxygen atoms in total. The molecule has 7 heteroatoms. The molecule has 23 heavy (non-hydrogen) atoms. The highest BCUT2D eigenvalue weighted by Crippen LogP contribution is 2.23. The SMILES string of the molecule is O=C(O)CC1CSCCN1C(=O)Cn1ccc2ccc(Cl)cc21. The Bertz CT molecular complexity index is 746. The number of aliphatic carboxylic acids is 1. The number of carbonyl (C=O) groups excluding carboxylic acids is 1. The molecule has 1 atom stereocenters. The minimum Gasteiger partial charge on any atom is -0.481 e. The van der Waals surface area contributed by atoms with E-state index >= 15 is 0 Å². The number of aromatic nitrogens is 1. The Kier molecular flexibility index (Phi) is 4.82. The van der Waals surface area contributed by atoms with Gasteiger partial charge in [-0.2, -0.15) is 11.8 Å². The minimum atomic E-state index is -0.867. The van der Waals surface area contributed by atoms with Crippen LogP contribution in [-0.4, -0.2) is 50.5 Å². The first kappa shape index (κ1) is 16.2. The summed E-state index contributed by atoms with van der Waals surface area (Å²) >= 11 is 7.73. The third-order valence-electron chi connectivity index (χ3n) is 4.00. The Morgan fingerprint density at radius 1 is 1.35 bits per heavy atom. The summed E-state index contributed by atoms with van der Waals surface area (Å²) in [6, 6.07) is 7.29. The van der Waals surface area contributed by atoms with Crippen LogP contribution in [0.15, 0.2) is 30.5 Å². The van der Waals surface area contributed by atoms with Crippen molar-refractivity contribution in [2.24, 2.45) is 0 Å². The summed E-state index contributed by atoms with van der Waals surface area (Å²) in [6.45, 7) is 0.798. The van der Waals surface area contributed by atoms with E-state index in [0.29, 0.717) is 17.3 Å². The van der Waals surface area contributed by atoms with Gasteiger partial charge in [-0.25, -0.2) is 0 Å². The zero-order valence-electron chi connectivity index (χ0n) is 12.4. The lowest BCUT2D eigenvalue weighted by Crippen LogP contribution is -2.48. The van der Waals surface area contributed by atoms with E-state index in [1.807, 2.05) is 35.0 Å². The van der Waals surface area contributed by atoms with Gasteiger partial charge >= 0.3 is 5.97 Å². The molecule has 0 radical (unpaired) electrons. The molecule has 1 amide bonds. The molecule has 3 rings (SSSR count). The van der Waals surface area contributed by atoms with E-state index in [4.69, 9.17) is 16.7 Å². The smallest absolute Gasteiger partial charge is 0.305 e. The Balaban J connectivity index is 1.78. The van der Waals surface area contributed by atoms with Crippen LogP contribution in [0.1, 0.15) is 6.42 Å². The highest BCUT2D eigenvalue weighted by atomic mass is 35.5. The van der Waals surface area contributed by atoms with Crippen molar-refractivity contribution in [3.63, 3.8) is 0 Å². The molecule has 0 aliphatic carbocycles. The van der Waals surface area contributed by atoms with Crippen molar-refractivity contribution < 1.29 is 14.7 Å². The number of carboxylic acids is 1. The van der Waals surface area contributed by atoms with E-state index in [-0.39, 0.29) is 24.9 Å². The average molecular weight is 353 g/mol. The molecule has 2 heterocycles. The molecule has 1 fully saturated rings. The van der Waals surface area contributed by atoms with Crippen molar-refractivity contribution in [3.05, 3.63) is 35.5 Å². The second-order valence-corrected chi connectivity index (χ2v) is 7.15. The van der Waals surface area contributed by atoms with E-state index in [0.717, 1.165) is 16.7 Å². The van der Waals surface area contributed by atoms with Gasteiger partial charge in [-0.15, -0.1) is 0 Å². The van der Waals surface area contributed by atoms with Crippen LogP contribution in [0.3, 0.4) is 0 Å². The first-order chi connectivity index (χ1) is 11.0. The van der Waals surface area contributed by atoms with Gasteiger partial charge in [-0.05, 0) is 23.6 Å². The van der Waals surface area contributed by atoms with E-state index in [1.54, 1.807) is 16.7 Å². The fourth-order valence-electron chi connectivity index (χ4n) is 2.89. The van der Waals surface area contributed by atoms with Gasteiger partial charge in [0.25, 0.3) is 0 Å². The van der Waals surface area contributed by atoms with Gasteiger partial charge in [-0.3, -0.25) is 9.59 Å². The number of amides is 1. The van der Waals surface area contributed by atoms with Gasteiger partial charge in [0.05, 0.1) is 12.5 Å². The molecule has 0 spiro atoms. The maximum atomic E-state index is 12.7. The van der Waals surface area contributed by atoms with Crippen LogP contribution in [0.5, 0.6) is 0 Å². The summed E-state index contributed by atoms with van der Waals surface area (Å²) in [5.41, 5.74) is 0.909. The van der Waals surface area contributed by atoms with Crippen molar-refractivity contribution in [3.8, 4) is 0 Å². The van der Waals surface area contributed by atoms with Crippen LogP contribution in [-0.2, 0) is 16.1 Å². The fourth-order valence-corrected chi connectivity index (χ4v) is 4.11. The number of nitrogens with zero attached hydrogens (tertiary/aromatic N) is 2. The van der Waals surface area contributed by atoms with Crippen LogP contribution in [0.4, 0.5) is 0 Å². The van der Waals surface area contributed by atoms with E-state index < -0.39 is 5.97 Å². The zero-order chi connectivity index (χ0) is 16.4. The zero-order valence-corrected chi connectivity index (χ0v) is 14.0. The van der Waals surface area contributed by atoms with Gasteiger partial charge in [0.2, 0.25) is 5.91 Å². The molecule has 1 N–H and O–H groups in total. The molecule has 122 valence electrons. The topological polar surface area (TPSA) is 62.5 Å². The molecule has 1 aliphatic rings. The normalized spacial score (nSPS) is 18.3. The number of carboxylic acid groups (broad SMARTS) is 1. The Hall–Kier alpha value is -1.66. The lowest BCUT2D eigenvalue weighted by Gasteiger charge is -2.34. The number of hydrogen-bond acceptors (Lipinski definition) is 3. The minimum absolute atomic E-state index is 0.00298. The van der Waals surface area contributed by atoms with Crippen molar-refractivity contribution in [2.45, 2.75) is 19.0 Å². The van der Waals surface area contributed by atoms with Crippen LogP contribution in [0, 0.1) is 0 Å². The largest absolute Gasteiger partial charge is 0.481 e. The number of rotatable bonds is 4. The van der Waals surface area contributed by atoms with Gasteiger partial charge in [0.1, 0.15) is 6.54 Å². The third-order valence-corrected chi connectivity index (χ3v) is 5.33. The van der Waals surface area contributed by atoms with Crippen LogP contribution >= 0.6 is 23.4 Å². The first-order valence-corrected chi connectivity index (χ1v) is 8.91. The molecule has 0 saturated carbocycles. The summed E-state index contributed by atoms with van der Waals surface area (Å²) in [4.78, 5) is 25.4. The molecule has 1 unspecified atom stereocenters. The van der Waals surface area contributed by atoms with Crippen molar-refractivity contribution in [1.29, 1.82) is 0 Å². The molecule has 1 aliphatic heterocycles. The maximum Gasteiger partial charge on any atom is 0.305 e. The van der Waals surface area contributed by atoms with Gasteiger partial charge in [-0.1, -0.05) is 17.7 Å². The second kappa shape index (κ2) is 6.84. The number of carbonyl (C=O) groups is 2. The number of halogens is 1. The summed E-state index contributed by atoms with van der Waals surface area (Å²) in [5, 5.41) is 10.7. The first-order valence-electron chi connectivity index (χ1n) is 7.38. The van der Waals surface area contributed by atoms with Crippen molar-refractivity contribution in [2.75, 3.05) is 18.1 Å². The highest BCUT2D eigenvalue weighted by Gasteiger charge is 2.28. The third kappa shape index (κ3) is 3.64. The predicted octanol–water partition coefficient (Wildman–Crippen LogP) is 2.71. The Morgan fingerprint density at radius 3 is 2.96 bits per heavy atom. The lowest BCUT2D eigenvalue weighted by molar-refractivity contribution is -0.140. The Morgan fingerprint density at radius 2 is 2.17 bits per heavy atom. The summed E-state index contributed by atoms with van der Waals surface area (Å²) in [6.07, 6.45) is 1.86. The molecule has 2 aromatic rings. The lowest BCUT2D eigenvalue weighted by atomic mass is 10.2. The van der Waals surface area contributed by atoms with E-state index in [9.17, 15) is 9.59 Å². The number of fused-ring (bicyclic) bond motifs is 1. The average Bonchev–Trinajstić information content (AvgIpc) is 2.89. The molecule has 0 bridgehead atoms. The molecular weight excluding hydrogens is 336 g/mol. The van der Waals surface area contributed by atoms with Gasteiger partial charge in [0.15, 0.2) is 0 Å². The number of thioether (sulfide) groups is 1. The maximum absolute atomic E-state index is 12.7. The number of hydrogen-bond donors (Lipinski definition) is 1. The van der Waals surface area contributed by atoms with E-state index in [1.165, 1.54) is 0 Å². The second-order valence-electron chi connectivity index (χ2n) is 5.56. The molecular formula is C16H17ClN2O3S. The summed E-state index contributed by atoms with van der Waals surface area (Å²) in [7, 11) is 0. The predicted molar refractivity (Wildman–Crippen MR) is 92.0 cm³/mol. The van der Waals surface area contributed by atoms with Crippen LogP contribution in [0.2, 0.25) is 5.02 Å². The monoisotopic (exact) mass is 352 g/mol. The van der Waals surface area contributed by atoms with Crippen molar-refractivity contribution >= 4 is 46.1 Å². The van der Waals surface area contributed by atoms with Crippen LogP contribution in [0.25, 0.3) is 10.9 Å². The molecule has 1 aromatic carbocycles. The van der Waals surface area contributed by atoms with Crippen LogP contribution < -0.4 is 0 Å². The molecule has 1 aromatic heterocycles. The van der Waals surface area contributed by atoms with Gasteiger partial charge < -0.3 is 14.6 Å². The van der Waals surface area contributed by atoms with Gasteiger partial charge in [0, 0.05) is 34.8 Å². The number of benzene rings is 1. The standard InChI is InChI=1S/C16H17ClN2O3S/c17-12-2-1-11-3-4-18(14(11)7-12)9-15(20)19-5-6-23-10-13(19)8-16(21)22/h1-4,7,13H,5-6,8-10H2,(H,21,22). The van der Waals surface area contributed by atoms with Crippen molar-refractivity contribution in [1.82, 2.24) is 9.47 Å². The van der Waals surface area contributed by atoms with E-state index in [2.05, 4.69) is 0 Å². The quantitative estimate of drug-likeness (QED) is 0.919.